The highest BCUT2D eigenvalue weighted by atomic mass is 16.5. The number of aryl methyl sites for hydroxylation is 2. The summed E-state index contributed by atoms with van der Waals surface area (Å²) in [7, 11) is 0. The van der Waals surface area contributed by atoms with Gasteiger partial charge in [0.15, 0.2) is 5.82 Å². The minimum absolute atomic E-state index is 0.0418. The van der Waals surface area contributed by atoms with Gasteiger partial charge in [0.1, 0.15) is 0 Å². The highest BCUT2D eigenvalue weighted by Gasteiger charge is 2.20. The summed E-state index contributed by atoms with van der Waals surface area (Å²) in [6, 6.07) is 12.2. The Kier molecular flexibility index (Phi) is 5.48. The van der Waals surface area contributed by atoms with Crippen LogP contribution in [0.1, 0.15) is 36.3 Å². The predicted molar refractivity (Wildman–Crippen MR) is 117 cm³/mol. The Bertz CT molecular complexity index is 1200. The van der Waals surface area contributed by atoms with Crippen LogP contribution in [0.15, 0.2) is 53.3 Å². The number of rotatable bonds is 7. The summed E-state index contributed by atoms with van der Waals surface area (Å²) in [6.45, 7) is 1.19. The molecule has 4 aromatic rings. The lowest BCUT2D eigenvalue weighted by Crippen LogP contribution is -2.27. The van der Waals surface area contributed by atoms with Gasteiger partial charge in [-0.3, -0.25) is 9.78 Å². The average Bonchev–Trinajstić information content (AvgIpc) is 3.41. The molecule has 3 aromatic heterocycles. The molecule has 1 aromatic carbocycles. The van der Waals surface area contributed by atoms with Crippen LogP contribution in [0.4, 0.5) is 0 Å². The van der Waals surface area contributed by atoms with Crippen molar-refractivity contribution in [2.75, 3.05) is 6.54 Å². The van der Waals surface area contributed by atoms with Gasteiger partial charge in [-0.25, -0.2) is 0 Å². The molecule has 0 fully saturated rings. The van der Waals surface area contributed by atoms with E-state index in [4.69, 9.17) is 4.52 Å². The maximum absolute atomic E-state index is 12.5. The Hall–Kier alpha value is -3.48. The van der Waals surface area contributed by atoms with Crippen molar-refractivity contribution in [3.8, 4) is 11.5 Å². The monoisotopic (exact) mass is 415 g/mol. The van der Waals surface area contributed by atoms with E-state index >= 15 is 0 Å². The molecular formula is C24H25N5O2. The molecule has 0 spiro atoms. The van der Waals surface area contributed by atoms with Crippen LogP contribution in [0.3, 0.4) is 0 Å². The van der Waals surface area contributed by atoms with Crippen molar-refractivity contribution >= 4 is 16.8 Å². The molecule has 0 saturated heterocycles. The number of nitrogens with zero attached hydrogens (tertiary/aromatic N) is 4. The molecule has 0 atom stereocenters. The van der Waals surface area contributed by atoms with E-state index in [2.05, 4.69) is 49.3 Å². The topological polar surface area (TPSA) is 85.8 Å². The maximum Gasteiger partial charge on any atom is 0.258 e. The van der Waals surface area contributed by atoms with Crippen molar-refractivity contribution < 1.29 is 9.32 Å². The molecular weight excluding hydrogens is 390 g/mol. The Morgan fingerprint density at radius 3 is 2.84 bits per heavy atom. The molecule has 5 rings (SSSR count). The molecule has 31 heavy (non-hydrogen) atoms. The van der Waals surface area contributed by atoms with E-state index in [1.807, 2.05) is 12.1 Å². The summed E-state index contributed by atoms with van der Waals surface area (Å²) in [5.41, 5.74) is 4.97. The number of para-hydroxylation sites is 1. The summed E-state index contributed by atoms with van der Waals surface area (Å²) in [5, 5.41) is 8.33. The van der Waals surface area contributed by atoms with Crippen LogP contribution < -0.4 is 5.32 Å². The number of hydrogen-bond donors (Lipinski definition) is 1. The number of benzene rings is 1. The predicted octanol–water partition coefficient (Wildman–Crippen LogP) is 3.71. The van der Waals surface area contributed by atoms with Crippen LogP contribution in [0, 0.1) is 0 Å². The van der Waals surface area contributed by atoms with Gasteiger partial charge in [-0.1, -0.05) is 23.4 Å². The van der Waals surface area contributed by atoms with E-state index in [0.29, 0.717) is 37.6 Å². The fourth-order valence-electron chi connectivity index (χ4n) is 4.43. The number of hydrogen-bond acceptors (Lipinski definition) is 5. The highest BCUT2D eigenvalue weighted by molar-refractivity contribution is 5.86. The molecule has 1 amide bonds. The molecule has 0 bridgehead atoms. The zero-order valence-electron chi connectivity index (χ0n) is 17.4. The quantitative estimate of drug-likeness (QED) is 0.497. The van der Waals surface area contributed by atoms with Crippen molar-refractivity contribution in [3.05, 3.63) is 65.9 Å². The number of fused-ring (bicyclic) bond motifs is 3. The van der Waals surface area contributed by atoms with Gasteiger partial charge in [-0.2, -0.15) is 4.98 Å². The number of aromatic nitrogens is 4. The van der Waals surface area contributed by atoms with Gasteiger partial charge in [0, 0.05) is 60.5 Å². The molecule has 158 valence electrons. The molecule has 1 N–H and O–H groups in total. The SMILES string of the molecule is O=C(CCn1c2c(c3ccccc31)CCCC2)NCCc1noc(-c2ccncc2)n1. The van der Waals surface area contributed by atoms with E-state index in [1.54, 1.807) is 12.4 Å². The van der Waals surface area contributed by atoms with Gasteiger partial charge < -0.3 is 14.4 Å². The van der Waals surface area contributed by atoms with Crippen molar-refractivity contribution in [1.82, 2.24) is 25.0 Å². The summed E-state index contributed by atoms with van der Waals surface area (Å²) < 4.78 is 7.64. The van der Waals surface area contributed by atoms with E-state index in [-0.39, 0.29) is 5.91 Å². The van der Waals surface area contributed by atoms with Crippen LogP contribution >= 0.6 is 0 Å². The van der Waals surface area contributed by atoms with Gasteiger partial charge in [-0.15, -0.1) is 0 Å². The Labute approximate surface area is 180 Å². The first kappa shape index (κ1) is 19.5. The smallest absolute Gasteiger partial charge is 0.258 e. The lowest BCUT2D eigenvalue weighted by molar-refractivity contribution is -0.121. The van der Waals surface area contributed by atoms with E-state index in [9.17, 15) is 4.79 Å². The third-order valence-corrected chi connectivity index (χ3v) is 5.91. The third kappa shape index (κ3) is 4.08. The first-order valence-corrected chi connectivity index (χ1v) is 10.9. The van der Waals surface area contributed by atoms with Crippen LogP contribution in [0.2, 0.25) is 0 Å². The van der Waals surface area contributed by atoms with Crippen molar-refractivity contribution in [1.29, 1.82) is 0 Å². The molecule has 1 aliphatic carbocycles. The van der Waals surface area contributed by atoms with Gasteiger partial charge in [0.2, 0.25) is 5.91 Å². The van der Waals surface area contributed by atoms with Gasteiger partial charge >= 0.3 is 0 Å². The molecule has 0 aliphatic heterocycles. The minimum Gasteiger partial charge on any atom is -0.356 e. The number of nitrogens with one attached hydrogen (secondary N) is 1. The molecule has 7 nitrogen and oxygen atoms in total. The van der Waals surface area contributed by atoms with Gasteiger partial charge in [0.05, 0.1) is 0 Å². The molecule has 0 unspecified atom stereocenters. The lowest BCUT2D eigenvalue weighted by atomic mass is 9.95. The summed E-state index contributed by atoms with van der Waals surface area (Å²) in [5.74, 6) is 1.09. The Morgan fingerprint density at radius 1 is 1.10 bits per heavy atom. The van der Waals surface area contributed by atoms with Crippen molar-refractivity contribution in [2.45, 2.75) is 45.1 Å². The lowest BCUT2D eigenvalue weighted by Gasteiger charge is -2.16. The van der Waals surface area contributed by atoms with Crippen molar-refractivity contribution in [3.63, 3.8) is 0 Å². The summed E-state index contributed by atoms with van der Waals surface area (Å²) in [4.78, 5) is 20.8. The van der Waals surface area contributed by atoms with Gasteiger partial charge in [-0.05, 0) is 49.4 Å². The molecule has 0 saturated carbocycles. The maximum atomic E-state index is 12.5. The number of carbonyl (C=O) groups excluding carboxylic acids is 1. The normalized spacial score (nSPS) is 13.3. The Balaban J connectivity index is 1.17. The largest absolute Gasteiger partial charge is 0.356 e. The van der Waals surface area contributed by atoms with E-state index in [0.717, 1.165) is 18.4 Å². The number of amides is 1. The third-order valence-electron chi connectivity index (χ3n) is 5.91. The molecule has 3 heterocycles. The average molecular weight is 415 g/mol. The molecule has 1 aliphatic rings. The second-order valence-corrected chi connectivity index (χ2v) is 7.90. The Morgan fingerprint density at radius 2 is 1.94 bits per heavy atom. The standard InChI is InChI=1S/C24H25N5O2/c30-23(26-15-11-22-27-24(31-28-22)17-9-13-25-14-10-17)12-16-29-20-7-3-1-5-18(20)19-6-2-4-8-21(19)29/h1,3,5,7,9-10,13-14H,2,4,6,8,11-12,15-16H2,(H,26,30). The highest BCUT2D eigenvalue weighted by Crippen LogP contribution is 2.32. The second kappa shape index (κ2) is 8.71. The number of pyridine rings is 1. The van der Waals surface area contributed by atoms with Crippen LogP contribution in [-0.2, 0) is 30.6 Å². The van der Waals surface area contributed by atoms with E-state index < -0.39 is 0 Å². The fourth-order valence-corrected chi connectivity index (χ4v) is 4.43. The van der Waals surface area contributed by atoms with Gasteiger partial charge in [0.25, 0.3) is 5.89 Å². The second-order valence-electron chi connectivity index (χ2n) is 7.90. The first-order valence-electron chi connectivity index (χ1n) is 10.9. The molecule has 0 radical (unpaired) electrons. The van der Waals surface area contributed by atoms with Crippen LogP contribution in [-0.4, -0.2) is 32.1 Å². The first-order chi connectivity index (χ1) is 15.3. The zero-order valence-corrected chi connectivity index (χ0v) is 17.4. The van der Waals surface area contributed by atoms with Crippen LogP contribution in [0.5, 0.6) is 0 Å². The summed E-state index contributed by atoms with van der Waals surface area (Å²) >= 11 is 0. The van der Waals surface area contributed by atoms with Crippen molar-refractivity contribution in [2.24, 2.45) is 0 Å². The fraction of sp³-hybridized carbons (Fsp3) is 0.333. The summed E-state index contributed by atoms with van der Waals surface area (Å²) in [6.07, 6.45) is 9.07. The minimum atomic E-state index is 0.0418. The van der Waals surface area contributed by atoms with E-state index in [1.165, 1.54) is 35.0 Å². The van der Waals surface area contributed by atoms with Crippen LogP contribution in [0.25, 0.3) is 22.4 Å². The molecule has 7 heteroatoms. The number of carbonyl (C=O) groups is 1. The zero-order chi connectivity index (χ0) is 21.0.